The van der Waals surface area contributed by atoms with E-state index in [4.69, 9.17) is 5.73 Å². The molecule has 2 atom stereocenters. The molecule has 2 unspecified atom stereocenters. The molecule has 84 valence electrons. The van der Waals surface area contributed by atoms with Crippen LogP contribution in [-0.4, -0.2) is 11.7 Å². The molecule has 3 N–H and O–H groups in total. The van der Waals surface area contributed by atoms with Crippen LogP contribution in [0.15, 0.2) is 24.3 Å². The quantitative estimate of drug-likeness (QED) is 0.801. The summed E-state index contributed by atoms with van der Waals surface area (Å²) in [5, 5.41) is 10.0. The highest BCUT2D eigenvalue weighted by Crippen LogP contribution is 2.28. The molecule has 0 saturated carbocycles. The van der Waals surface area contributed by atoms with Gasteiger partial charge in [0.2, 0.25) is 0 Å². The Balaban J connectivity index is 2.92. The second kappa shape index (κ2) is 5.24. The van der Waals surface area contributed by atoms with Crippen LogP contribution < -0.4 is 5.73 Å². The van der Waals surface area contributed by atoms with Crippen LogP contribution in [0.5, 0.6) is 0 Å². The lowest BCUT2D eigenvalue weighted by atomic mass is 9.86. The minimum absolute atomic E-state index is 0.109. The van der Waals surface area contributed by atoms with Crippen LogP contribution in [0.3, 0.4) is 0 Å². The Morgan fingerprint density at radius 2 is 1.93 bits per heavy atom. The molecule has 1 rings (SSSR count). The Morgan fingerprint density at radius 1 is 1.33 bits per heavy atom. The van der Waals surface area contributed by atoms with Gasteiger partial charge in [0.1, 0.15) is 5.82 Å². The van der Waals surface area contributed by atoms with Crippen molar-refractivity contribution in [1.29, 1.82) is 0 Å². The molecule has 0 bridgehead atoms. The Labute approximate surface area is 89.9 Å². The van der Waals surface area contributed by atoms with E-state index in [1.54, 1.807) is 18.2 Å². The summed E-state index contributed by atoms with van der Waals surface area (Å²) in [7, 11) is 0. The second-order valence-corrected chi connectivity index (χ2v) is 4.11. The Kier molecular flexibility index (Phi) is 4.24. The van der Waals surface area contributed by atoms with E-state index >= 15 is 0 Å². The van der Waals surface area contributed by atoms with Gasteiger partial charge in [0, 0.05) is 11.5 Å². The van der Waals surface area contributed by atoms with E-state index in [2.05, 4.69) is 0 Å². The van der Waals surface area contributed by atoms with Crippen LogP contribution in [0.4, 0.5) is 4.39 Å². The van der Waals surface area contributed by atoms with Gasteiger partial charge in [0.25, 0.3) is 0 Å². The molecule has 0 aliphatic rings. The number of hydrogen-bond donors (Lipinski definition) is 2. The predicted molar refractivity (Wildman–Crippen MR) is 58.7 cm³/mol. The lowest BCUT2D eigenvalue weighted by Gasteiger charge is -2.25. The molecule has 1 aromatic carbocycles. The van der Waals surface area contributed by atoms with E-state index in [0.717, 1.165) is 0 Å². The maximum atomic E-state index is 13.4. The lowest BCUT2D eigenvalue weighted by molar-refractivity contribution is 0.0828. The summed E-state index contributed by atoms with van der Waals surface area (Å²) in [6, 6.07) is 6.28. The molecule has 0 heterocycles. The van der Waals surface area contributed by atoms with Crippen molar-refractivity contribution in [3.05, 3.63) is 35.6 Å². The smallest absolute Gasteiger partial charge is 0.129 e. The second-order valence-electron chi connectivity index (χ2n) is 4.11. The molecule has 3 heteroatoms. The van der Waals surface area contributed by atoms with Crippen molar-refractivity contribution in [3.63, 3.8) is 0 Å². The van der Waals surface area contributed by atoms with E-state index in [0.29, 0.717) is 12.1 Å². The van der Waals surface area contributed by atoms with Crippen molar-refractivity contribution in [1.82, 2.24) is 0 Å². The highest BCUT2D eigenvalue weighted by molar-refractivity contribution is 5.20. The lowest BCUT2D eigenvalue weighted by Crippen LogP contribution is -2.27. The molecule has 0 aliphatic heterocycles. The summed E-state index contributed by atoms with van der Waals surface area (Å²) < 4.78 is 13.4. The number of rotatable bonds is 4. The number of nitrogens with two attached hydrogens (primary N) is 1. The van der Waals surface area contributed by atoms with Gasteiger partial charge in [-0.25, -0.2) is 4.39 Å². The van der Waals surface area contributed by atoms with Gasteiger partial charge >= 0.3 is 0 Å². The number of halogens is 1. The zero-order valence-electron chi connectivity index (χ0n) is 9.15. The normalized spacial score (nSPS) is 15.3. The third kappa shape index (κ3) is 2.76. The van der Waals surface area contributed by atoms with E-state index in [1.165, 1.54) is 6.07 Å². The molecular weight excluding hydrogens is 193 g/mol. The maximum absolute atomic E-state index is 13.4. The first-order valence-corrected chi connectivity index (χ1v) is 5.20. The van der Waals surface area contributed by atoms with E-state index in [1.807, 2.05) is 13.8 Å². The summed E-state index contributed by atoms with van der Waals surface area (Å²) >= 11 is 0. The molecule has 0 radical (unpaired) electrons. The fourth-order valence-corrected chi connectivity index (χ4v) is 1.71. The molecule has 2 nitrogen and oxygen atoms in total. The fraction of sp³-hybridized carbons (Fsp3) is 0.500. The molecule has 0 spiro atoms. The first kappa shape index (κ1) is 12.1. The highest BCUT2D eigenvalue weighted by Gasteiger charge is 2.24. The van der Waals surface area contributed by atoms with Crippen LogP contribution in [-0.2, 0) is 0 Å². The van der Waals surface area contributed by atoms with Gasteiger partial charge in [-0.3, -0.25) is 0 Å². The van der Waals surface area contributed by atoms with Crippen molar-refractivity contribution >= 4 is 0 Å². The number of aliphatic hydroxyl groups is 1. The van der Waals surface area contributed by atoms with Crippen LogP contribution in [0, 0.1) is 17.7 Å². The Morgan fingerprint density at radius 3 is 2.40 bits per heavy atom. The monoisotopic (exact) mass is 211 g/mol. The molecule has 15 heavy (non-hydrogen) atoms. The van der Waals surface area contributed by atoms with Gasteiger partial charge in [-0.05, 0) is 18.5 Å². The highest BCUT2D eigenvalue weighted by atomic mass is 19.1. The summed E-state index contributed by atoms with van der Waals surface area (Å²) in [4.78, 5) is 0. The zero-order valence-corrected chi connectivity index (χ0v) is 9.15. The third-order valence-corrected chi connectivity index (χ3v) is 2.76. The van der Waals surface area contributed by atoms with E-state index in [9.17, 15) is 9.50 Å². The third-order valence-electron chi connectivity index (χ3n) is 2.76. The molecule has 0 aromatic heterocycles. The van der Waals surface area contributed by atoms with Crippen LogP contribution in [0.2, 0.25) is 0 Å². The summed E-state index contributed by atoms with van der Waals surface area (Å²) in [5.74, 6) is -0.254. The number of benzene rings is 1. The van der Waals surface area contributed by atoms with Crippen molar-refractivity contribution in [2.45, 2.75) is 20.0 Å². The minimum Gasteiger partial charge on any atom is -0.388 e. The van der Waals surface area contributed by atoms with Crippen LogP contribution in [0.1, 0.15) is 25.5 Å². The van der Waals surface area contributed by atoms with Crippen molar-refractivity contribution in [2.24, 2.45) is 17.6 Å². The Bertz CT molecular complexity index is 314. The van der Waals surface area contributed by atoms with Crippen molar-refractivity contribution in [2.75, 3.05) is 6.54 Å². The van der Waals surface area contributed by atoms with E-state index < -0.39 is 6.10 Å². The van der Waals surface area contributed by atoms with Gasteiger partial charge in [-0.15, -0.1) is 0 Å². The molecule has 0 fully saturated rings. The van der Waals surface area contributed by atoms with Crippen LogP contribution >= 0.6 is 0 Å². The summed E-state index contributed by atoms with van der Waals surface area (Å²) in [5.41, 5.74) is 5.91. The van der Waals surface area contributed by atoms with Crippen LogP contribution in [0.25, 0.3) is 0 Å². The van der Waals surface area contributed by atoms with Gasteiger partial charge in [-0.1, -0.05) is 32.0 Å². The average molecular weight is 211 g/mol. The maximum Gasteiger partial charge on any atom is 0.129 e. The molecule has 0 saturated heterocycles. The van der Waals surface area contributed by atoms with Gasteiger partial charge in [0.15, 0.2) is 0 Å². The minimum atomic E-state index is -0.823. The van der Waals surface area contributed by atoms with Crippen molar-refractivity contribution in [3.8, 4) is 0 Å². The summed E-state index contributed by atoms with van der Waals surface area (Å²) in [6.45, 7) is 4.30. The molecule has 1 aromatic rings. The van der Waals surface area contributed by atoms with E-state index in [-0.39, 0.29) is 17.7 Å². The summed E-state index contributed by atoms with van der Waals surface area (Å²) in [6.07, 6.45) is -0.823. The Hall–Kier alpha value is -0.930. The zero-order chi connectivity index (χ0) is 11.4. The van der Waals surface area contributed by atoms with Gasteiger partial charge in [-0.2, -0.15) is 0 Å². The molecule has 0 aliphatic carbocycles. The number of hydrogen-bond acceptors (Lipinski definition) is 2. The molecule has 0 amide bonds. The van der Waals surface area contributed by atoms with Crippen molar-refractivity contribution < 1.29 is 9.50 Å². The SMILES string of the molecule is CC(C)C(CN)C(O)c1ccccc1F. The first-order chi connectivity index (χ1) is 7.07. The first-order valence-electron chi connectivity index (χ1n) is 5.20. The predicted octanol–water partition coefficient (Wildman–Crippen LogP) is 2.09. The van der Waals surface area contributed by atoms with Gasteiger partial charge in [0.05, 0.1) is 6.10 Å². The topological polar surface area (TPSA) is 46.2 Å². The number of aliphatic hydroxyl groups excluding tert-OH is 1. The standard InChI is InChI=1S/C12H18FNO/c1-8(2)10(7-14)12(15)9-5-3-4-6-11(9)13/h3-6,8,10,12,15H,7,14H2,1-2H3. The average Bonchev–Trinajstić information content (AvgIpc) is 2.18. The molecular formula is C12H18FNO. The largest absolute Gasteiger partial charge is 0.388 e. The van der Waals surface area contributed by atoms with Gasteiger partial charge < -0.3 is 10.8 Å². The fourth-order valence-electron chi connectivity index (χ4n) is 1.71.